The maximum Gasteiger partial charge on any atom is 0.222 e. The van der Waals surface area contributed by atoms with E-state index in [2.05, 4.69) is 14.6 Å². The van der Waals surface area contributed by atoms with Crippen molar-refractivity contribution in [3.05, 3.63) is 30.2 Å². The SMILES string of the molecule is CNC(=O)C1CCN(Sc2ccc(OC/C(=C\F)CN)nc2)CC1. The standard InChI is InChI=1S/C16H23FN4O2S/c1-19-16(22)13-4-6-21(7-5-13)24-14-2-3-15(20-10-14)23-11-12(8-17)9-18/h2-3,8,10,13H,4-7,9,11,18H2,1H3,(H,19,22)/b12-8-. The van der Waals surface area contributed by atoms with Gasteiger partial charge in [-0.3, -0.25) is 4.79 Å². The van der Waals surface area contributed by atoms with E-state index in [9.17, 15) is 9.18 Å². The Labute approximate surface area is 145 Å². The van der Waals surface area contributed by atoms with Gasteiger partial charge in [0.1, 0.15) is 6.61 Å². The molecule has 0 saturated carbocycles. The highest BCUT2D eigenvalue weighted by atomic mass is 32.2. The second-order valence-electron chi connectivity index (χ2n) is 5.50. The van der Waals surface area contributed by atoms with E-state index in [1.165, 1.54) is 0 Å². The number of hydrogen-bond acceptors (Lipinski definition) is 6. The first-order valence-electron chi connectivity index (χ1n) is 7.87. The molecule has 1 fully saturated rings. The van der Waals surface area contributed by atoms with Crippen LogP contribution in [0.15, 0.2) is 35.1 Å². The average molecular weight is 354 g/mol. The number of halogens is 1. The third-order valence-electron chi connectivity index (χ3n) is 3.84. The van der Waals surface area contributed by atoms with Crippen molar-refractivity contribution in [2.24, 2.45) is 11.7 Å². The first-order valence-corrected chi connectivity index (χ1v) is 8.65. The maximum absolute atomic E-state index is 12.4. The second-order valence-corrected chi connectivity index (χ2v) is 6.67. The summed E-state index contributed by atoms with van der Waals surface area (Å²) in [5, 5.41) is 2.71. The van der Waals surface area contributed by atoms with Crippen molar-refractivity contribution in [2.45, 2.75) is 17.7 Å². The molecule has 8 heteroatoms. The summed E-state index contributed by atoms with van der Waals surface area (Å²) < 4.78 is 20.0. The molecule has 0 spiro atoms. The third-order valence-corrected chi connectivity index (χ3v) is 4.91. The molecule has 1 aliphatic heterocycles. The summed E-state index contributed by atoms with van der Waals surface area (Å²) in [6, 6.07) is 3.67. The number of pyridine rings is 1. The molecule has 1 aliphatic rings. The number of carbonyl (C=O) groups is 1. The second kappa shape index (κ2) is 9.61. The Hall–Kier alpha value is -1.64. The first-order chi connectivity index (χ1) is 11.7. The lowest BCUT2D eigenvalue weighted by Gasteiger charge is -2.29. The monoisotopic (exact) mass is 354 g/mol. The van der Waals surface area contributed by atoms with Gasteiger partial charge in [0.25, 0.3) is 0 Å². The van der Waals surface area contributed by atoms with Gasteiger partial charge < -0.3 is 15.8 Å². The molecule has 1 saturated heterocycles. The molecule has 1 aromatic heterocycles. The number of aromatic nitrogens is 1. The highest BCUT2D eigenvalue weighted by molar-refractivity contribution is 7.97. The number of nitrogens with two attached hydrogens (primary N) is 1. The molecule has 0 bridgehead atoms. The van der Waals surface area contributed by atoms with E-state index in [1.807, 2.05) is 6.07 Å². The van der Waals surface area contributed by atoms with Gasteiger partial charge in [-0.15, -0.1) is 0 Å². The number of hydrogen-bond donors (Lipinski definition) is 2. The zero-order valence-corrected chi connectivity index (χ0v) is 14.5. The largest absolute Gasteiger partial charge is 0.473 e. The number of carbonyl (C=O) groups excluding carboxylic acids is 1. The molecule has 0 aliphatic carbocycles. The molecule has 1 aromatic rings. The van der Waals surface area contributed by atoms with Crippen LogP contribution < -0.4 is 15.8 Å². The van der Waals surface area contributed by atoms with Gasteiger partial charge in [-0.2, -0.15) is 0 Å². The summed E-state index contributed by atoms with van der Waals surface area (Å²) in [5.74, 6) is 0.675. The zero-order valence-electron chi connectivity index (χ0n) is 13.7. The van der Waals surface area contributed by atoms with E-state index in [0.717, 1.165) is 30.8 Å². The van der Waals surface area contributed by atoms with E-state index in [4.69, 9.17) is 10.5 Å². The number of amides is 1. The lowest BCUT2D eigenvalue weighted by atomic mass is 9.97. The van der Waals surface area contributed by atoms with E-state index in [-0.39, 0.29) is 25.0 Å². The first kappa shape index (κ1) is 18.7. The summed E-state index contributed by atoms with van der Waals surface area (Å²) >= 11 is 1.62. The van der Waals surface area contributed by atoms with Crippen molar-refractivity contribution in [1.29, 1.82) is 0 Å². The molecular weight excluding hydrogens is 331 g/mol. The molecule has 2 heterocycles. The average Bonchev–Trinajstić information content (AvgIpc) is 2.64. The Bertz CT molecular complexity index is 560. The van der Waals surface area contributed by atoms with Gasteiger partial charge >= 0.3 is 0 Å². The summed E-state index contributed by atoms with van der Waals surface area (Å²) in [7, 11) is 1.68. The molecule has 3 N–H and O–H groups in total. The summed E-state index contributed by atoms with van der Waals surface area (Å²) in [6.45, 7) is 1.94. The lowest BCUT2D eigenvalue weighted by molar-refractivity contribution is -0.125. The highest BCUT2D eigenvalue weighted by Crippen LogP contribution is 2.28. The minimum Gasteiger partial charge on any atom is -0.473 e. The summed E-state index contributed by atoms with van der Waals surface area (Å²) in [6.07, 6.45) is 3.91. The number of piperidine rings is 1. The van der Waals surface area contributed by atoms with Crippen LogP contribution in [0.25, 0.3) is 0 Å². The number of nitrogens with one attached hydrogen (secondary N) is 1. The van der Waals surface area contributed by atoms with E-state index in [1.54, 1.807) is 31.3 Å². The van der Waals surface area contributed by atoms with E-state index in [0.29, 0.717) is 17.8 Å². The van der Waals surface area contributed by atoms with Crippen LogP contribution >= 0.6 is 11.9 Å². The molecule has 0 radical (unpaired) electrons. The van der Waals surface area contributed by atoms with Crippen LogP contribution in [0.4, 0.5) is 4.39 Å². The fourth-order valence-corrected chi connectivity index (χ4v) is 3.29. The fraction of sp³-hybridized carbons (Fsp3) is 0.500. The lowest BCUT2D eigenvalue weighted by Crippen LogP contribution is -2.36. The Morgan fingerprint density at radius 1 is 1.54 bits per heavy atom. The number of ether oxygens (including phenoxy) is 1. The minimum atomic E-state index is 0.0967. The molecule has 2 rings (SSSR count). The highest BCUT2D eigenvalue weighted by Gasteiger charge is 2.24. The Morgan fingerprint density at radius 2 is 2.29 bits per heavy atom. The third kappa shape index (κ3) is 5.47. The van der Waals surface area contributed by atoms with Crippen molar-refractivity contribution in [3.63, 3.8) is 0 Å². The maximum atomic E-state index is 12.4. The summed E-state index contributed by atoms with van der Waals surface area (Å²) in [4.78, 5) is 16.8. The summed E-state index contributed by atoms with van der Waals surface area (Å²) in [5.41, 5.74) is 5.75. The van der Waals surface area contributed by atoms with Gasteiger partial charge in [-0.1, -0.05) is 0 Å². The normalized spacial score (nSPS) is 16.9. The topological polar surface area (TPSA) is 80.5 Å². The molecule has 1 amide bonds. The molecule has 132 valence electrons. The van der Waals surface area contributed by atoms with E-state index < -0.39 is 0 Å². The molecule has 24 heavy (non-hydrogen) atoms. The predicted octanol–water partition coefficient (Wildman–Crippen LogP) is 1.74. The van der Waals surface area contributed by atoms with Crippen molar-refractivity contribution in [3.8, 4) is 5.88 Å². The molecule has 6 nitrogen and oxygen atoms in total. The van der Waals surface area contributed by atoms with Gasteiger partial charge in [0.05, 0.1) is 6.33 Å². The zero-order chi connectivity index (χ0) is 17.4. The van der Waals surface area contributed by atoms with Crippen molar-refractivity contribution >= 4 is 17.9 Å². The minimum absolute atomic E-state index is 0.0967. The smallest absolute Gasteiger partial charge is 0.222 e. The molecule has 0 unspecified atom stereocenters. The Balaban J connectivity index is 1.79. The van der Waals surface area contributed by atoms with Crippen LogP contribution in [-0.2, 0) is 4.79 Å². The van der Waals surface area contributed by atoms with E-state index >= 15 is 0 Å². The number of rotatable bonds is 7. The van der Waals surface area contributed by atoms with Crippen LogP contribution in [-0.4, -0.2) is 48.5 Å². The number of nitrogens with zero attached hydrogens (tertiary/aromatic N) is 2. The Morgan fingerprint density at radius 3 is 2.83 bits per heavy atom. The van der Waals surface area contributed by atoms with Gasteiger partial charge in [-0.25, -0.2) is 13.7 Å². The molecular formula is C16H23FN4O2S. The van der Waals surface area contributed by atoms with Crippen LogP contribution in [0.5, 0.6) is 5.88 Å². The van der Waals surface area contributed by atoms with Gasteiger partial charge in [0.15, 0.2) is 0 Å². The van der Waals surface area contributed by atoms with Crippen LogP contribution in [0.3, 0.4) is 0 Å². The quantitative estimate of drug-likeness (QED) is 0.726. The van der Waals surface area contributed by atoms with Gasteiger partial charge in [-0.05, 0) is 30.9 Å². The van der Waals surface area contributed by atoms with Gasteiger partial charge in [0.2, 0.25) is 11.8 Å². The van der Waals surface area contributed by atoms with Crippen LogP contribution in [0.1, 0.15) is 12.8 Å². The molecule has 0 aromatic carbocycles. The van der Waals surface area contributed by atoms with Crippen LogP contribution in [0.2, 0.25) is 0 Å². The molecule has 0 atom stereocenters. The van der Waals surface area contributed by atoms with Crippen molar-refractivity contribution in [2.75, 3.05) is 33.3 Å². The van der Waals surface area contributed by atoms with Gasteiger partial charge in [0, 0.05) is 55.3 Å². The van der Waals surface area contributed by atoms with Crippen LogP contribution in [0, 0.1) is 5.92 Å². The fourth-order valence-electron chi connectivity index (χ4n) is 2.37. The van der Waals surface area contributed by atoms with Crippen molar-refractivity contribution in [1.82, 2.24) is 14.6 Å². The Kier molecular flexibility index (Phi) is 7.48. The predicted molar refractivity (Wildman–Crippen MR) is 92.2 cm³/mol. The van der Waals surface area contributed by atoms with Crippen molar-refractivity contribution < 1.29 is 13.9 Å².